The van der Waals surface area contributed by atoms with Gasteiger partial charge in [0.05, 0.1) is 4.90 Å². The molecule has 1 aromatic heterocycles. The zero-order chi connectivity index (χ0) is 16.5. The van der Waals surface area contributed by atoms with Crippen LogP contribution < -0.4 is 4.72 Å². The van der Waals surface area contributed by atoms with Crippen LogP contribution in [0.3, 0.4) is 0 Å². The molecular formula is C17H24N2O2S. The van der Waals surface area contributed by atoms with Gasteiger partial charge in [-0.3, -0.25) is 0 Å². The number of nitrogens with one attached hydrogen (secondary N) is 1. The van der Waals surface area contributed by atoms with Gasteiger partial charge in [0.1, 0.15) is 0 Å². The molecule has 0 fully saturated rings. The van der Waals surface area contributed by atoms with Gasteiger partial charge in [-0.05, 0) is 69.0 Å². The number of hydrogen-bond acceptors (Lipinski definition) is 2. The molecule has 120 valence electrons. The van der Waals surface area contributed by atoms with Gasteiger partial charge >= 0.3 is 0 Å². The highest BCUT2D eigenvalue weighted by Crippen LogP contribution is 2.16. The van der Waals surface area contributed by atoms with E-state index < -0.39 is 10.0 Å². The van der Waals surface area contributed by atoms with E-state index in [0.29, 0.717) is 17.9 Å². The summed E-state index contributed by atoms with van der Waals surface area (Å²) in [6, 6.07) is 7.33. The van der Waals surface area contributed by atoms with E-state index in [1.54, 1.807) is 12.1 Å². The van der Waals surface area contributed by atoms with E-state index >= 15 is 0 Å². The molecule has 0 aliphatic carbocycles. The van der Waals surface area contributed by atoms with Crippen molar-refractivity contribution in [2.75, 3.05) is 6.54 Å². The van der Waals surface area contributed by atoms with Crippen LogP contribution in [0.15, 0.2) is 29.2 Å². The molecule has 22 heavy (non-hydrogen) atoms. The highest BCUT2D eigenvalue weighted by atomic mass is 32.2. The molecule has 2 rings (SSSR count). The van der Waals surface area contributed by atoms with Crippen LogP contribution in [-0.4, -0.2) is 19.5 Å². The fraction of sp³-hybridized carbons (Fsp3) is 0.412. The van der Waals surface area contributed by atoms with E-state index in [9.17, 15) is 8.42 Å². The van der Waals surface area contributed by atoms with Gasteiger partial charge in [-0.1, -0.05) is 6.07 Å². The van der Waals surface area contributed by atoms with Gasteiger partial charge in [0.25, 0.3) is 0 Å². The molecule has 0 radical (unpaired) electrons. The van der Waals surface area contributed by atoms with Crippen LogP contribution in [0.4, 0.5) is 0 Å². The number of aromatic nitrogens is 1. The summed E-state index contributed by atoms with van der Waals surface area (Å²) in [5, 5.41) is 0. The van der Waals surface area contributed by atoms with E-state index in [4.69, 9.17) is 0 Å². The van der Waals surface area contributed by atoms with Crippen LogP contribution in [-0.2, 0) is 23.5 Å². The van der Waals surface area contributed by atoms with E-state index in [0.717, 1.165) is 11.1 Å². The van der Waals surface area contributed by atoms with E-state index in [2.05, 4.69) is 29.2 Å². The van der Waals surface area contributed by atoms with Crippen LogP contribution in [0.1, 0.15) is 28.1 Å². The van der Waals surface area contributed by atoms with Gasteiger partial charge in [-0.2, -0.15) is 0 Å². The Morgan fingerprint density at radius 1 is 1.05 bits per heavy atom. The number of aryl methyl sites for hydroxylation is 3. The van der Waals surface area contributed by atoms with Gasteiger partial charge in [-0.15, -0.1) is 0 Å². The Balaban J connectivity index is 2.06. The average Bonchev–Trinajstić information content (AvgIpc) is 2.69. The summed E-state index contributed by atoms with van der Waals surface area (Å²) in [4.78, 5) is 0.330. The molecular weight excluding hydrogens is 296 g/mol. The predicted molar refractivity (Wildman–Crippen MR) is 89.7 cm³/mol. The minimum Gasteiger partial charge on any atom is -0.352 e. The Morgan fingerprint density at radius 2 is 1.73 bits per heavy atom. The normalized spacial score (nSPS) is 11.9. The first-order valence-corrected chi connectivity index (χ1v) is 8.89. The summed E-state index contributed by atoms with van der Waals surface area (Å²) >= 11 is 0. The SMILES string of the molecule is Cc1ccc(S(=O)(=O)NCCc2cc(C)n(C)c2C)cc1C. The third-order valence-electron chi connectivity index (χ3n) is 4.36. The number of rotatable bonds is 5. The monoisotopic (exact) mass is 320 g/mol. The van der Waals surface area contributed by atoms with Crippen molar-refractivity contribution < 1.29 is 8.42 Å². The maximum atomic E-state index is 12.3. The van der Waals surface area contributed by atoms with Crippen LogP contribution in [0.2, 0.25) is 0 Å². The molecule has 0 bridgehead atoms. The number of sulfonamides is 1. The molecule has 1 heterocycles. The molecule has 0 aliphatic rings. The Bertz CT molecular complexity index is 789. The summed E-state index contributed by atoms with van der Waals surface area (Å²) < 4.78 is 29.5. The Kier molecular flexibility index (Phi) is 4.78. The van der Waals surface area contributed by atoms with Crippen LogP contribution >= 0.6 is 0 Å². The predicted octanol–water partition coefficient (Wildman–Crippen LogP) is 2.78. The third kappa shape index (κ3) is 3.42. The van der Waals surface area contributed by atoms with Crippen molar-refractivity contribution in [3.05, 3.63) is 52.3 Å². The molecule has 0 spiro atoms. The molecule has 1 aromatic carbocycles. The van der Waals surface area contributed by atoms with Crippen molar-refractivity contribution in [1.82, 2.24) is 9.29 Å². The molecule has 0 unspecified atom stereocenters. The second kappa shape index (κ2) is 6.26. The first-order chi connectivity index (χ1) is 10.2. The van der Waals surface area contributed by atoms with Crippen molar-refractivity contribution in [2.45, 2.75) is 39.0 Å². The lowest BCUT2D eigenvalue weighted by Gasteiger charge is -2.09. The summed E-state index contributed by atoms with van der Waals surface area (Å²) in [7, 11) is -1.42. The Labute approximate surface area is 133 Å². The van der Waals surface area contributed by atoms with E-state index in [-0.39, 0.29) is 0 Å². The zero-order valence-corrected chi connectivity index (χ0v) is 14.7. The minimum absolute atomic E-state index is 0.330. The average molecular weight is 320 g/mol. The third-order valence-corrected chi connectivity index (χ3v) is 5.81. The largest absolute Gasteiger partial charge is 0.352 e. The second-order valence-electron chi connectivity index (χ2n) is 5.85. The quantitative estimate of drug-likeness (QED) is 0.921. The van der Waals surface area contributed by atoms with Crippen LogP contribution in [0, 0.1) is 27.7 Å². The van der Waals surface area contributed by atoms with Crippen molar-refractivity contribution in [3.8, 4) is 0 Å². The lowest BCUT2D eigenvalue weighted by Crippen LogP contribution is -2.26. The molecule has 0 amide bonds. The van der Waals surface area contributed by atoms with Crippen molar-refractivity contribution in [3.63, 3.8) is 0 Å². The summed E-state index contributed by atoms with van der Waals surface area (Å²) in [6.07, 6.45) is 0.692. The molecule has 4 nitrogen and oxygen atoms in total. The molecule has 0 saturated heterocycles. The van der Waals surface area contributed by atoms with Crippen LogP contribution in [0.5, 0.6) is 0 Å². The van der Waals surface area contributed by atoms with Gasteiger partial charge in [-0.25, -0.2) is 13.1 Å². The maximum Gasteiger partial charge on any atom is 0.240 e. The molecule has 2 aromatic rings. The Hall–Kier alpha value is -1.59. The number of nitrogens with zero attached hydrogens (tertiary/aromatic N) is 1. The fourth-order valence-corrected chi connectivity index (χ4v) is 3.59. The maximum absolute atomic E-state index is 12.3. The van der Waals surface area contributed by atoms with Gasteiger partial charge in [0.15, 0.2) is 0 Å². The van der Waals surface area contributed by atoms with Gasteiger partial charge in [0, 0.05) is 25.0 Å². The smallest absolute Gasteiger partial charge is 0.240 e. The van der Waals surface area contributed by atoms with Crippen molar-refractivity contribution in [2.24, 2.45) is 7.05 Å². The lowest BCUT2D eigenvalue weighted by molar-refractivity contribution is 0.581. The molecule has 0 atom stereocenters. The minimum atomic E-state index is -3.44. The van der Waals surface area contributed by atoms with E-state index in [1.807, 2.05) is 27.0 Å². The first-order valence-electron chi connectivity index (χ1n) is 7.41. The zero-order valence-electron chi connectivity index (χ0n) is 13.9. The fourth-order valence-electron chi connectivity index (χ4n) is 2.47. The van der Waals surface area contributed by atoms with Gasteiger partial charge in [0.2, 0.25) is 10.0 Å². The topological polar surface area (TPSA) is 51.1 Å². The number of benzene rings is 1. The highest BCUT2D eigenvalue weighted by Gasteiger charge is 2.14. The molecule has 5 heteroatoms. The highest BCUT2D eigenvalue weighted by molar-refractivity contribution is 7.89. The molecule has 0 saturated carbocycles. The Morgan fingerprint density at radius 3 is 2.27 bits per heavy atom. The van der Waals surface area contributed by atoms with Crippen molar-refractivity contribution >= 4 is 10.0 Å². The lowest BCUT2D eigenvalue weighted by atomic mass is 10.1. The molecule has 1 N–H and O–H groups in total. The standard InChI is InChI=1S/C17H24N2O2S/c1-12-6-7-17(10-13(12)2)22(20,21)18-9-8-16-11-14(3)19(5)15(16)4/h6-7,10-11,18H,8-9H2,1-5H3. The van der Waals surface area contributed by atoms with Crippen molar-refractivity contribution in [1.29, 1.82) is 0 Å². The molecule has 0 aliphatic heterocycles. The second-order valence-corrected chi connectivity index (χ2v) is 7.62. The summed E-state index contributed by atoms with van der Waals surface area (Å²) in [5.74, 6) is 0. The number of hydrogen-bond donors (Lipinski definition) is 1. The summed E-state index contributed by atoms with van der Waals surface area (Å²) in [5.41, 5.74) is 5.63. The van der Waals surface area contributed by atoms with Gasteiger partial charge < -0.3 is 4.57 Å². The first kappa shape index (κ1) is 16.8. The summed E-state index contributed by atoms with van der Waals surface area (Å²) in [6.45, 7) is 8.40. The van der Waals surface area contributed by atoms with Crippen LogP contribution in [0.25, 0.3) is 0 Å². The van der Waals surface area contributed by atoms with E-state index in [1.165, 1.54) is 17.0 Å².